The first-order valence-electron chi connectivity index (χ1n) is 5.91. The first kappa shape index (κ1) is 13.0. The monoisotopic (exact) mass is 221 g/mol. The van der Waals surface area contributed by atoms with Crippen molar-refractivity contribution in [2.75, 3.05) is 18.4 Å². The Morgan fingerprint density at radius 1 is 1.44 bits per heavy atom. The molecule has 0 amide bonds. The smallest absolute Gasteiger partial charge is 0.128 e. The molecule has 0 aliphatic carbocycles. The number of aryl methyl sites for hydroxylation is 1. The van der Waals surface area contributed by atoms with Crippen LogP contribution in [0, 0.1) is 12.3 Å². The second kappa shape index (κ2) is 5.85. The molecule has 1 rings (SSSR count). The van der Waals surface area contributed by atoms with Crippen molar-refractivity contribution in [3.63, 3.8) is 0 Å². The van der Waals surface area contributed by atoms with Crippen LogP contribution in [-0.2, 0) is 0 Å². The Morgan fingerprint density at radius 3 is 2.81 bits per heavy atom. The standard InChI is InChI=1S/C13H23N3/c1-11-6-4-9-15-12(11)16-10-13(2,3)7-5-8-14/h4,6,9H,5,7-8,10,14H2,1-3H3,(H,15,16). The molecule has 3 nitrogen and oxygen atoms in total. The largest absolute Gasteiger partial charge is 0.369 e. The molecule has 0 aliphatic heterocycles. The van der Waals surface area contributed by atoms with Crippen LogP contribution in [0.5, 0.6) is 0 Å². The Kier molecular flexibility index (Phi) is 4.74. The van der Waals surface area contributed by atoms with Gasteiger partial charge < -0.3 is 11.1 Å². The number of aromatic nitrogens is 1. The summed E-state index contributed by atoms with van der Waals surface area (Å²) in [4.78, 5) is 4.33. The van der Waals surface area contributed by atoms with Gasteiger partial charge in [-0.2, -0.15) is 0 Å². The van der Waals surface area contributed by atoms with E-state index < -0.39 is 0 Å². The first-order valence-corrected chi connectivity index (χ1v) is 5.91. The fraction of sp³-hybridized carbons (Fsp3) is 0.615. The summed E-state index contributed by atoms with van der Waals surface area (Å²) in [5.41, 5.74) is 6.99. The number of nitrogens with two attached hydrogens (primary N) is 1. The zero-order chi connectivity index (χ0) is 12.0. The average molecular weight is 221 g/mol. The molecule has 0 unspecified atom stereocenters. The van der Waals surface area contributed by atoms with E-state index in [9.17, 15) is 0 Å². The van der Waals surface area contributed by atoms with Crippen molar-refractivity contribution in [1.82, 2.24) is 4.98 Å². The molecule has 1 aromatic heterocycles. The summed E-state index contributed by atoms with van der Waals surface area (Å²) in [7, 11) is 0. The summed E-state index contributed by atoms with van der Waals surface area (Å²) in [6.45, 7) is 8.29. The molecule has 0 saturated heterocycles. The quantitative estimate of drug-likeness (QED) is 0.776. The van der Waals surface area contributed by atoms with E-state index in [2.05, 4.69) is 37.1 Å². The molecule has 0 atom stereocenters. The molecule has 0 fully saturated rings. The van der Waals surface area contributed by atoms with Gasteiger partial charge in [-0.05, 0) is 43.4 Å². The number of nitrogens with zero attached hydrogens (tertiary/aromatic N) is 1. The second-order valence-corrected chi connectivity index (χ2v) is 5.08. The minimum Gasteiger partial charge on any atom is -0.369 e. The minimum atomic E-state index is 0.267. The summed E-state index contributed by atoms with van der Waals surface area (Å²) in [6, 6.07) is 4.03. The third-order valence-electron chi connectivity index (χ3n) is 2.80. The van der Waals surface area contributed by atoms with Gasteiger partial charge in [-0.3, -0.25) is 0 Å². The van der Waals surface area contributed by atoms with Crippen LogP contribution in [0.3, 0.4) is 0 Å². The van der Waals surface area contributed by atoms with Crippen molar-refractivity contribution in [1.29, 1.82) is 0 Å². The summed E-state index contributed by atoms with van der Waals surface area (Å²) in [6.07, 6.45) is 4.04. The average Bonchev–Trinajstić information content (AvgIpc) is 2.26. The van der Waals surface area contributed by atoms with Crippen LogP contribution in [-0.4, -0.2) is 18.1 Å². The van der Waals surface area contributed by atoms with E-state index in [1.54, 1.807) is 0 Å². The van der Waals surface area contributed by atoms with Gasteiger partial charge in [0.2, 0.25) is 0 Å². The molecule has 3 N–H and O–H groups in total. The lowest BCUT2D eigenvalue weighted by molar-refractivity contribution is 0.350. The van der Waals surface area contributed by atoms with Crippen LogP contribution in [0.2, 0.25) is 0 Å². The predicted molar refractivity (Wildman–Crippen MR) is 69.5 cm³/mol. The molecule has 0 radical (unpaired) electrons. The van der Waals surface area contributed by atoms with Gasteiger partial charge in [-0.25, -0.2) is 4.98 Å². The first-order chi connectivity index (χ1) is 7.55. The third kappa shape index (κ3) is 4.19. The molecule has 1 aromatic rings. The van der Waals surface area contributed by atoms with Crippen molar-refractivity contribution < 1.29 is 0 Å². The van der Waals surface area contributed by atoms with Gasteiger partial charge in [0.1, 0.15) is 5.82 Å². The van der Waals surface area contributed by atoms with Crippen LogP contribution < -0.4 is 11.1 Å². The van der Waals surface area contributed by atoms with E-state index >= 15 is 0 Å². The van der Waals surface area contributed by atoms with Crippen LogP contribution in [0.1, 0.15) is 32.3 Å². The highest BCUT2D eigenvalue weighted by atomic mass is 15.0. The fourth-order valence-corrected chi connectivity index (χ4v) is 1.66. The number of pyridine rings is 1. The van der Waals surface area contributed by atoms with Crippen molar-refractivity contribution in [2.24, 2.45) is 11.1 Å². The van der Waals surface area contributed by atoms with Gasteiger partial charge in [-0.1, -0.05) is 19.9 Å². The lowest BCUT2D eigenvalue weighted by Crippen LogP contribution is -2.24. The van der Waals surface area contributed by atoms with E-state index in [4.69, 9.17) is 5.73 Å². The fourth-order valence-electron chi connectivity index (χ4n) is 1.66. The normalized spacial score (nSPS) is 11.5. The molecule has 0 aliphatic rings. The number of hydrogen-bond donors (Lipinski definition) is 2. The topological polar surface area (TPSA) is 50.9 Å². The Labute approximate surface area is 98.5 Å². The molecule has 16 heavy (non-hydrogen) atoms. The Balaban J connectivity index is 2.47. The molecule has 0 spiro atoms. The predicted octanol–water partition coefficient (Wildman–Crippen LogP) is 2.57. The van der Waals surface area contributed by atoms with Crippen molar-refractivity contribution >= 4 is 5.82 Å². The zero-order valence-corrected chi connectivity index (χ0v) is 10.6. The minimum absolute atomic E-state index is 0.267. The van der Waals surface area contributed by atoms with Crippen LogP contribution in [0.4, 0.5) is 5.82 Å². The van der Waals surface area contributed by atoms with E-state index in [0.717, 1.165) is 31.7 Å². The number of hydrogen-bond acceptors (Lipinski definition) is 3. The SMILES string of the molecule is Cc1cccnc1NCC(C)(C)CCCN. The molecular formula is C13H23N3. The summed E-state index contributed by atoms with van der Waals surface area (Å²) < 4.78 is 0. The molecule has 90 valence electrons. The maximum Gasteiger partial charge on any atom is 0.128 e. The Morgan fingerprint density at radius 2 is 2.19 bits per heavy atom. The van der Waals surface area contributed by atoms with Crippen molar-refractivity contribution in [2.45, 2.75) is 33.6 Å². The van der Waals surface area contributed by atoms with E-state index in [0.29, 0.717) is 0 Å². The lowest BCUT2D eigenvalue weighted by atomic mass is 9.88. The maximum absolute atomic E-state index is 5.53. The highest BCUT2D eigenvalue weighted by Gasteiger charge is 2.17. The molecule has 0 aromatic carbocycles. The highest BCUT2D eigenvalue weighted by Crippen LogP contribution is 2.22. The Hall–Kier alpha value is -1.09. The van der Waals surface area contributed by atoms with E-state index in [1.165, 1.54) is 5.56 Å². The van der Waals surface area contributed by atoms with Crippen LogP contribution >= 0.6 is 0 Å². The zero-order valence-electron chi connectivity index (χ0n) is 10.6. The van der Waals surface area contributed by atoms with E-state index in [1.807, 2.05) is 12.3 Å². The van der Waals surface area contributed by atoms with Gasteiger partial charge in [0.05, 0.1) is 0 Å². The van der Waals surface area contributed by atoms with Gasteiger partial charge in [0.15, 0.2) is 0 Å². The summed E-state index contributed by atoms with van der Waals surface area (Å²) in [5.74, 6) is 0.989. The number of anilines is 1. The molecule has 3 heteroatoms. The van der Waals surface area contributed by atoms with E-state index in [-0.39, 0.29) is 5.41 Å². The molecule has 0 saturated carbocycles. The van der Waals surface area contributed by atoms with Crippen molar-refractivity contribution in [3.8, 4) is 0 Å². The summed E-state index contributed by atoms with van der Waals surface area (Å²) >= 11 is 0. The van der Waals surface area contributed by atoms with Gasteiger partial charge in [0.25, 0.3) is 0 Å². The third-order valence-corrected chi connectivity index (χ3v) is 2.80. The summed E-state index contributed by atoms with van der Waals surface area (Å²) in [5, 5.41) is 3.41. The molecule has 1 heterocycles. The number of nitrogens with one attached hydrogen (secondary N) is 1. The molecular weight excluding hydrogens is 198 g/mol. The maximum atomic E-state index is 5.53. The Bertz CT molecular complexity index is 321. The highest BCUT2D eigenvalue weighted by molar-refractivity contribution is 5.42. The molecule has 0 bridgehead atoms. The van der Waals surface area contributed by atoms with Gasteiger partial charge in [0, 0.05) is 12.7 Å². The van der Waals surface area contributed by atoms with Gasteiger partial charge >= 0.3 is 0 Å². The number of rotatable bonds is 6. The second-order valence-electron chi connectivity index (χ2n) is 5.08. The van der Waals surface area contributed by atoms with Gasteiger partial charge in [-0.15, -0.1) is 0 Å². The van der Waals surface area contributed by atoms with Crippen LogP contribution in [0.25, 0.3) is 0 Å². The lowest BCUT2D eigenvalue weighted by Gasteiger charge is -2.25. The van der Waals surface area contributed by atoms with Crippen molar-refractivity contribution in [3.05, 3.63) is 23.9 Å². The van der Waals surface area contributed by atoms with Crippen LogP contribution in [0.15, 0.2) is 18.3 Å².